The molecule has 17 heavy (non-hydrogen) atoms. The van der Waals surface area contributed by atoms with E-state index in [1.54, 1.807) is 11.1 Å². The third-order valence-electron chi connectivity index (χ3n) is 3.94. The Morgan fingerprint density at radius 1 is 1.18 bits per heavy atom. The molecular weight excluding hydrogens is 210 g/mol. The van der Waals surface area contributed by atoms with Crippen molar-refractivity contribution in [3.8, 4) is 0 Å². The minimum Gasteiger partial charge on any atom is -0.371 e. The van der Waals surface area contributed by atoms with Gasteiger partial charge >= 0.3 is 0 Å². The Morgan fingerprint density at radius 2 is 2.00 bits per heavy atom. The summed E-state index contributed by atoms with van der Waals surface area (Å²) in [5.74, 6) is 0. The summed E-state index contributed by atoms with van der Waals surface area (Å²) >= 11 is 0. The summed E-state index contributed by atoms with van der Waals surface area (Å²) < 4.78 is 5.90. The molecule has 0 bridgehead atoms. The van der Waals surface area contributed by atoms with Gasteiger partial charge in [0.1, 0.15) is 0 Å². The van der Waals surface area contributed by atoms with E-state index in [-0.39, 0.29) is 6.10 Å². The maximum Gasteiger partial charge on any atom is 0.0950 e. The van der Waals surface area contributed by atoms with E-state index in [1.165, 1.54) is 31.2 Å². The van der Waals surface area contributed by atoms with Crippen molar-refractivity contribution in [2.24, 2.45) is 0 Å². The van der Waals surface area contributed by atoms with Crippen molar-refractivity contribution in [2.45, 2.75) is 44.8 Å². The molecule has 1 fully saturated rings. The molecule has 1 aliphatic heterocycles. The van der Waals surface area contributed by atoms with Crippen LogP contribution in [-0.4, -0.2) is 19.2 Å². The van der Waals surface area contributed by atoms with E-state index in [2.05, 4.69) is 30.4 Å². The average Bonchev–Trinajstić information content (AvgIpc) is 2.39. The van der Waals surface area contributed by atoms with Gasteiger partial charge in [-0.3, -0.25) is 0 Å². The Bertz CT molecular complexity index is 394. The number of benzene rings is 1. The first-order chi connectivity index (χ1) is 8.33. The molecule has 92 valence electrons. The summed E-state index contributed by atoms with van der Waals surface area (Å²) in [6.45, 7) is 3.94. The molecule has 0 saturated carbocycles. The Kier molecular flexibility index (Phi) is 3.17. The van der Waals surface area contributed by atoms with Crippen molar-refractivity contribution in [1.29, 1.82) is 0 Å². The topological polar surface area (TPSA) is 21.3 Å². The van der Waals surface area contributed by atoms with Gasteiger partial charge in [-0.05, 0) is 49.3 Å². The van der Waals surface area contributed by atoms with E-state index in [1.807, 2.05) is 0 Å². The van der Waals surface area contributed by atoms with Gasteiger partial charge in [0.2, 0.25) is 0 Å². The number of ether oxygens (including phenoxy) is 1. The fraction of sp³-hybridized carbons (Fsp3) is 0.600. The third-order valence-corrected chi connectivity index (χ3v) is 3.94. The Hall–Kier alpha value is -0.860. The van der Waals surface area contributed by atoms with Crippen LogP contribution < -0.4 is 5.32 Å². The second kappa shape index (κ2) is 4.79. The highest BCUT2D eigenvalue weighted by Gasteiger charge is 2.20. The number of hydrogen-bond acceptors (Lipinski definition) is 2. The minimum absolute atomic E-state index is 0.249. The molecule has 1 aliphatic carbocycles. The van der Waals surface area contributed by atoms with Crippen LogP contribution in [0.15, 0.2) is 18.2 Å². The standard InChI is InChI=1S/C15H21NO/c1-11-10-17-15(9-16-11)14-7-6-12-4-2-3-5-13(12)8-14/h6-8,11,15-16H,2-5,9-10H2,1H3. The number of nitrogens with one attached hydrogen (secondary N) is 1. The summed E-state index contributed by atoms with van der Waals surface area (Å²) in [6.07, 6.45) is 5.46. The molecule has 2 nitrogen and oxygen atoms in total. The lowest BCUT2D eigenvalue weighted by Crippen LogP contribution is -2.40. The maximum atomic E-state index is 5.90. The lowest BCUT2D eigenvalue weighted by atomic mass is 9.89. The van der Waals surface area contributed by atoms with Gasteiger partial charge in [-0.2, -0.15) is 0 Å². The predicted molar refractivity (Wildman–Crippen MR) is 69.2 cm³/mol. The van der Waals surface area contributed by atoms with Crippen molar-refractivity contribution >= 4 is 0 Å². The lowest BCUT2D eigenvalue weighted by Gasteiger charge is -2.29. The molecule has 2 atom stereocenters. The van der Waals surface area contributed by atoms with E-state index < -0.39 is 0 Å². The molecule has 0 aromatic heterocycles. The fourth-order valence-electron chi connectivity index (χ4n) is 2.85. The molecule has 2 unspecified atom stereocenters. The SMILES string of the molecule is CC1COC(c2ccc3c(c2)CCCC3)CN1. The van der Waals surface area contributed by atoms with Crippen LogP contribution in [0.4, 0.5) is 0 Å². The molecule has 2 aliphatic rings. The first-order valence-corrected chi connectivity index (χ1v) is 6.79. The Balaban J connectivity index is 1.79. The van der Waals surface area contributed by atoms with E-state index in [0.717, 1.165) is 13.2 Å². The lowest BCUT2D eigenvalue weighted by molar-refractivity contribution is 0.00690. The first kappa shape index (κ1) is 11.2. The molecule has 1 aromatic rings. The van der Waals surface area contributed by atoms with Gasteiger partial charge in [0, 0.05) is 12.6 Å². The van der Waals surface area contributed by atoms with E-state index in [0.29, 0.717) is 6.04 Å². The minimum atomic E-state index is 0.249. The summed E-state index contributed by atoms with van der Waals surface area (Å²) in [7, 11) is 0. The van der Waals surface area contributed by atoms with Gasteiger partial charge in [-0.25, -0.2) is 0 Å². The second-order valence-corrected chi connectivity index (χ2v) is 5.37. The maximum absolute atomic E-state index is 5.90. The largest absolute Gasteiger partial charge is 0.371 e. The molecule has 1 saturated heterocycles. The third kappa shape index (κ3) is 2.38. The van der Waals surface area contributed by atoms with Crippen LogP contribution in [0.3, 0.4) is 0 Å². The molecule has 0 amide bonds. The number of morpholine rings is 1. The quantitative estimate of drug-likeness (QED) is 0.802. The van der Waals surface area contributed by atoms with Crippen LogP contribution in [0.2, 0.25) is 0 Å². The number of hydrogen-bond donors (Lipinski definition) is 1. The van der Waals surface area contributed by atoms with E-state index in [4.69, 9.17) is 4.74 Å². The summed E-state index contributed by atoms with van der Waals surface area (Å²) in [4.78, 5) is 0. The molecule has 1 heterocycles. The summed E-state index contributed by atoms with van der Waals surface area (Å²) in [5, 5.41) is 3.49. The normalized spacial score (nSPS) is 28.8. The zero-order valence-electron chi connectivity index (χ0n) is 10.5. The fourth-order valence-corrected chi connectivity index (χ4v) is 2.85. The highest BCUT2D eigenvalue weighted by molar-refractivity contribution is 5.35. The molecule has 2 heteroatoms. The van der Waals surface area contributed by atoms with Crippen LogP contribution >= 0.6 is 0 Å². The van der Waals surface area contributed by atoms with Gasteiger partial charge in [0.05, 0.1) is 12.7 Å². The van der Waals surface area contributed by atoms with Gasteiger partial charge in [0.15, 0.2) is 0 Å². The van der Waals surface area contributed by atoms with E-state index in [9.17, 15) is 0 Å². The van der Waals surface area contributed by atoms with E-state index >= 15 is 0 Å². The van der Waals surface area contributed by atoms with Crippen molar-refractivity contribution in [3.05, 3.63) is 34.9 Å². The first-order valence-electron chi connectivity index (χ1n) is 6.79. The van der Waals surface area contributed by atoms with Crippen molar-refractivity contribution in [1.82, 2.24) is 5.32 Å². The average molecular weight is 231 g/mol. The number of fused-ring (bicyclic) bond motifs is 1. The monoisotopic (exact) mass is 231 g/mol. The molecule has 0 radical (unpaired) electrons. The molecular formula is C15H21NO. The number of aryl methyl sites for hydroxylation is 2. The Labute approximate surface area is 103 Å². The second-order valence-electron chi connectivity index (χ2n) is 5.37. The highest BCUT2D eigenvalue weighted by atomic mass is 16.5. The van der Waals surface area contributed by atoms with Crippen LogP contribution in [0.1, 0.15) is 42.6 Å². The van der Waals surface area contributed by atoms with Crippen molar-refractivity contribution < 1.29 is 4.74 Å². The van der Waals surface area contributed by atoms with Gasteiger partial charge < -0.3 is 10.1 Å². The van der Waals surface area contributed by atoms with Gasteiger partial charge in [-0.15, -0.1) is 0 Å². The molecule has 1 aromatic carbocycles. The zero-order valence-corrected chi connectivity index (χ0v) is 10.5. The van der Waals surface area contributed by atoms with Crippen LogP contribution in [0.5, 0.6) is 0 Å². The van der Waals surface area contributed by atoms with Crippen molar-refractivity contribution in [2.75, 3.05) is 13.2 Å². The van der Waals surface area contributed by atoms with Crippen LogP contribution in [0, 0.1) is 0 Å². The number of rotatable bonds is 1. The summed E-state index contributed by atoms with van der Waals surface area (Å²) in [6, 6.07) is 7.43. The van der Waals surface area contributed by atoms with Crippen molar-refractivity contribution in [3.63, 3.8) is 0 Å². The smallest absolute Gasteiger partial charge is 0.0950 e. The molecule has 0 spiro atoms. The van der Waals surface area contributed by atoms with Crippen LogP contribution in [-0.2, 0) is 17.6 Å². The molecule has 1 N–H and O–H groups in total. The Morgan fingerprint density at radius 3 is 2.76 bits per heavy atom. The summed E-state index contributed by atoms with van der Waals surface area (Å²) in [5.41, 5.74) is 4.46. The van der Waals surface area contributed by atoms with Crippen LogP contribution in [0.25, 0.3) is 0 Å². The van der Waals surface area contributed by atoms with Gasteiger partial charge in [-0.1, -0.05) is 18.2 Å². The highest BCUT2D eigenvalue weighted by Crippen LogP contribution is 2.27. The molecule has 3 rings (SSSR count). The zero-order chi connectivity index (χ0) is 11.7. The van der Waals surface area contributed by atoms with Gasteiger partial charge in [0.25, 0.3) is 0 Å². The predicted octanol–water partition coefficient (Wildman–Crippen LogP) is 2.61.